The van der Waals surface area contributed by atoms with Gasteiger partial charge in [0.05, 0.1) is 0 Å². The fourth-order valence-electron chi connectivity index (χ4n) is 6.83. The van der Waals surface area contributed by atoms with Crippen LogP contribution in [0.3, 0.4) is 0 Å². The van der Waals surface area contributed by atoms with Crippen molar-refractivity contribution in [2.45, 2.75) is 19.3 Å². The second-order valence-corrected chi connectivity index (χ2v) is 12.8. The molecule has 1 atom stereocenters. The zero-order chi connectivity index (χ0) is 39.1. The number of nitrogens with zero attached hydrogens (tertiary/aromatic N) is 3. The lowest BCUT2D eigenvalue weighted by molar-refractivity contribution is 0.106. The van der Waals surface area contributed by atoms with Crippen LogP contribution in [0, 0.1) is 0 Å². The topological polar surface area (TPSA) is 47.9 Å². The zero-order valence-corrected chi connectivity index (χ0v) is 28.1. The monoisotopic (exact) mass is 674 g/mol. The summed E-state index contributed by atoms with van der Waals surface area (Å²) >= 11 is 0. The second kappa shape index (κ2) is 12.9. The quantitative estimate of drug-likeness (QED) is 0.176. The van der Waals surface area contributed by atoms with Gasteiger partial charge in [0.25, 0.3) is 0 Å². The summed E-state index contributed by atoms with van der Waals surface area (Å²) in [7, 11) is 0. The molecular weight excluding hydrogens is 635 g/mol. The van der Waals surface area contributed by atoms with Gasteiger partial charge in [-0.2, -0.15) is 0 Å². The van der Waals surface area contributed by atoms with E-state index in [1.54, 1.807) is 24.3 Å². The van der Waals surface area contributed by atoms with Crippen molar-refractivity contribution in [2.24, 2.45) is 0 Å². The molecule has 0 spiro atoms. The SMILES string of the molecule is [2H]C([2H])C1(C([2H])([2H])[2H])Oc2cccc(-c3ccc(-c4nc(-c5ccc(-c6ccccc6)cc5)nc(-c5ccc(-c6ccccc6)cc5)n4)cc3)c2-c2ccccc21. The highest BCUT2D eigenvalue weighted by molar-refractivity contribution is 5.91. The van der Waals surface area contributed by atoms with E-state index in [4.69, 9.17) is 26.5 Å². The van der Waals surface area contributed by atoms with E-state index in [1.165, 1.54) is 0 Å². The number of aromatic nitrogens is 3. The van der Waals surface area contributed by atoms with Gasteiger partial charge in [-0.1, -0.05) is 170 Å². The molecule has 52 heavy (non-hydrogen) atoms. The van der Waals surface area contributed by atoms with Crippen molar-refractivity contribution in [3.8, 4) is 84.4 Å². The Balaban J connectivity index is 1.11. The first-order valence-corrected chi connectivity index (χ1v) is 17.1. The van der Waals surface area contributed by atoms with Crippen LogP contribution in [-0.2, 0) is 5.60 Å². The Morgan fingerprint density at radius 3 is 1.33 bits per heavy atom. The van der Waals surface area contributed by atoms with Crippen molar-refractivity contribution in [2.75, 3.05) is 0 Å². The van der Waals surface area contributed by atoms with E-state index in [1.807, 2.05) is 103 Å². The third kappa shape index (κ3) is 5.84. The highest BCUT2D eigenvalue weighted by atomic mass is 16.5. The van der Waals surface area contributed by atoms with Crippen LogP contribution in [0.4, 0.5) is 0 Å². The third-order valence-electron chi connectivity index (χ3n) is 9.48. The van der Waals surface area contributed by atoms with Gasteiger partial charge in [0.15, 0.2) is 17.5 Å². The molecule has 4 nitrogen and oxygen atoms in total. The average molecular weight is 675 g/mol. The minimum Gasteiger partial charge on any atom is -0.482 e. The molecule has 2 heterocycles. The van der Waals surface area contributed by atoms with Crippen LogP contribution in [0.25, 0.3) is 78.7 Å². The molecular formula is C48H35N3O. The number of hydrogen-bond acceptors (Lipinski definition) is 4. The van der Waals surface area contributed by atoms with Crippen LogP contribution in [0.15, 0.2) is 176 Å². The number of ether oxygens (including phenoxy) is 1. The standard InChI is InChI=1S/C48H35N3O/c1-48(2)42-18-10-9-16-41(42)44-40(17-11-19-43(44)52-48)36-24-30-39(31-25-36)47-50-45(37-26-20-34(21-27-37)32-12-5-3-6-13-32)49-46(51-47)38-28-22-35(23-29-38)33-14-7-4-8-15-33/h3-31H,1-2H3/i1D2,2D3. The molecule has 0 radical (unpaired) electrons. The Morgan fingerprint density at radius 1 is 0.404 bits per heavy atom. The molecule has 0 aliphatic carbocycles. The summed E-state index contributed by atoms with van der Waals surface area (Å²) in [6, 6.07) is 57.4. The van der Waals surface area contributed by atoms with Gasteiger partial charge in [-0.3, -0.25) is 0 Å². The van der Waals surface area contributed by atoms with Crippen LogP contribution in [0.2, 0.25) is 0 Å². The molecule has 0 N–H and O–H groups in total. The number of fused-ring (bicyclic) bond motifs is 3. The molecule has 8 aromatic rings. The molecule has 248 valence electrons. The van der Waals surface area contributed by atoms with Gasteiger partial charge < -0.3 is 4.74 Å². The maximum atomic E-state index is 8.38. The van der Waals surface area contributed by atoms with E-state index in [-0.39, 0.29) is 0 Å². The van der Waals surface area contributed by atoms with E-state index < -0.39 is 19.3 Å². The van der Waals surface area contributed by atoms with E-state index >= 15 is 0 Å². The van der Waals surface area contributed by atoms with Crippen LogP contribution >= 0.6 is 0 Å². The van der Waals surface area contributed by atoms with Crippen molar-refractivity contribution < 1.29 is 11.6 Å². The molecule has 0 saturated carbocycles. The van der Waals surface area contributed by atoms with Gasteiger partial charge >= 0.3 is 0 Å². The van der Waals surface area contributed by atoms with Gasteiger partial charge in [0.2, 0.25) is 0 Å². The molecule has 0 bridgehead atoms. The third-order valence-corrected chi connectivity index (χ3v) is 9.48. The highest BCUT2D eigenvalue weighted by Crippen LogP contribution is 2.49. The average Bonchev–Trinajstić information content (AvgIpc) is 3.26. The van der Waals surface area contributed by atoms with Crippen LogP contribution in [0.5, 0.6) is 5.75 Å². The van der Waals surface area contributed by atoms with E-state index in [0.717, 1.165) is 50.1 Å². The Bertz CT molecular complexity index is 2600. The molecule has 7 aromatic carbocycles. The van der Waals surface area contributed by atoms with Gasteiger partial charge in [-0.25, -0.2) is 15.0 Å². The maximum absolute atomic E-state index is 8.38. The van der Waals surface area contributed by atoms with Gasteiger partial charge in [0.1, 0.15) is 11.4 Å². The van der Waals surface area contributed by atoms with Crippen LogP contribution in [-0.4, -0.2) is 15.0 Å². The lowest BCUT2D eigenvalue weighted by Crippen LogP contribution is -2.29. The Labute approximate surface area is 311 Å². The molecule has 0 fully saturated rings. The number of benzene rings is 7. The largest absolute Gasteiger partial charge is 0.482 e. The first-order chi connectivity index (χ1) is 27.7. The smallest absolute Gasteiger partial charge is 0.164 e. The Kier molecular flexibility index (Phi) is 6.50. The van der Waals surface area contributed by atoms with Crippen molar-refractivity contribution >= 4 is 0 Å². The summed E-state index contributed by atoms with van der Waals surface area (Å²) in [5.74, 6) is 1.94. The van der Waals surface area contributed by atoms with Crippen molar-refractivity contribution in [1.82, 2.24) is 15.0 Å². The van der Waals surface area contributed by atoms with Gasteiger partial charge in [0, 0.05) is 34.7 Å². The summed E-state index contributed by atoms with van der Waals surface area (Å²) in [6.45, 7) is -4.57. The zero-order valence-electron chi connectivity index (χ0n) is 33.1. The molecule has 0 saturated heterocycles. The lowest BCUT2D eigenvalue weighted by atomic mass is 9.83. The van der Waals surface area contributed by atoms with E-state index in [0.29, 0.717) is 39.9 Å². The summed E-state index contributed by atoms with van der Waals surface area (Å²) in [5.41, 5.74) is 8.16. The second-order valence-electron chi connectivity index (χ2n) is 12.8. The Morgan fingerprint density at radius 2 is 0.827 bits per heavy atom. The maximum Gasteiger partial charge on any atom is 0.164 e. The summed E-state index contributed by atoms with van der Waals surface area (Å²) < 4.78 is 48.1. The van der Waals surface area contributed by atoms with Gasteiger partial charge in [-0.05, 0) is 58.7 Å². The molecule has 9 rings (SSSR count). The molecule has 1 aliphatic rings. The fourth-order valence-corrected chi connectivity index (χ4v) is 6.83. The molecule has 4 heteroatoms. The number of rotatable bonds is 6. The number of hydrogen-bond donors (Lipinski definition) is 0. The Hall–Kier alpha value is -6.65. The van der Waals surface area contributed by atoms with E-state index in [9.17, 15) is 0 Å². The predicted molar refractivity (Wildman–Crippen MR) is 212 cm³/mol. The molecule has 0 amide bonds. The van der Waals surface area contributed by atoms with Crippen molar-refractivity contribution in [3.05, 3.63) is 181 Å². The molecule has 1 unspecified atom stereocenters. The first kappa shape index (κ1) is 26.2. The molecule has 1 aromatic heterocycles. The fraction of sp³-hybridized carbons (Fsp3) is 0.0625. The first-order valence-electron chi connectivity index (χ1n) is 19.8. The van der Waals surface area contributed by atoms with Crippen molar-refractivity contribution in [3.63, 3.8) is 0 Å². The highest BCUT2D eigenvalue weighted by Gasteiger charge is 2.33. The lowest BCUT2D eigenvalue weighted by Gasteiger charge is -2.35. The van der Waals surface area contributed by atoms with Gasteiger partial charge in [-0.15, -0.1) is 0 Å². The normalized spacial score (nSPS) is 16.3. The summed E-state index contributed by atoms with van der Waals surface area (Å²) in [6.07, 6.45) is 0. The minimum atomic E-state index is -2.76. The van der Waals surface area contributed by atoms with Crippen molar-refractivity contribution in [1.29, 1.82) is 0 Å². The summed E-state index contributed by atoms with van der Waals surface area (Å²) in [5, 5.41) is 0. The molecule has 1 aliphatic heterocycles. The predicted octanol–water partition coefficient (Wildman–Crippen LogP) is 12.2. The van der Waals surface area contributed by atoms with Crippen LogP contribution < -0.4 is 4.74 Å². The van der Waals surface area contributed by atoms with E-state index in [2.05, 4.69) is 48.5 Å². The minimum absolute atomic E-state index is 0.301. The summed E-state index contributed by atoms with van der Waals surface area (Å²) in [4.78, 5) is 15.0. The van der Waals surface area contributed by atoms with Crippen LogP contribution in [0.1, 0.15) is 26.1 Å².